The summed E-state index contributed by atoms with van der Waals surface area (Å²) in [6, 6.07) is 6.40. The van der Waals surface area contributed by atoms with Crippen LogP contribution in [0.3, 0.4) is 0 Å². The Labute approximate surface area is 92.3 Å². The fourth-order valence-electron chi connectivity index (χ4n) is 0.891. The van der Waals surface area contributed by atoms with E-state index in [1.807, 2.05) is 0 Å². The van der Waals surface area contributed by atoms with Gasteiger partial charge in [-0.15, -0.1) is 0 Å². The highest BCUT2D eigenvalue weighted by atomic mass is 35.5. The van der Waals surface area contributed by atoms with Gasteiger partial charge in [0.2, 0.25) is 5.90 Å². The van der Waals surface area contributed by atoms with Crippen molar-refractivity contribution >= 4 is 23.7 Å². The molecule has 0 aromatic heterocycles. The first-order valence-electron chi connectivity index (χ1n) is 4.32. The molecule has 0 aliphatic carbocycles. The van der Waals surface area contributed by atoms with Crippen molar-refractivity contribution in [1.29, 1.82) is 5.41 Å². The van der Waals surface area contributed by atoms with Gasteiger partial charge in [-0.3, -0.25) is 5.41 Å². The van der Waals surface area contributed by atoms with Gasteiger partial charge in [-0.25, -0.2) is 4.79 Å². The van der Waals surface area contributed by atoms with E-state index in [4.69, 9.17) is 17.0 Å². The van der Waals surface area contributed by atoms with Crippen LogP contribution in [0, 0.1) is 5.41 Å². The van der Waals surface area contributed by atoms with E-state index in [1.54, 1.807) is 31.2 Å². The zero-order valence-electron chi connectivity index (χ0n) is 8.12. The van der Waals surface area contributed by atoms with Gasteiger partial charge in [0.15, 0.2) is 0 Å². The standard InChI is InChI=1S/C10H10ClNO3/c1-2-14-10(13)15-9(12)7-3-5-8(11)6-4-7/h3-6,12H,2H2,1H3. The molecule has 0 amide bonds. The molecule has 0 fully saturated rings. The van der Waals surface area contributed by atoms with Gasteiger partial charge in [-0.05, 0) is 31.2 Å². The number of carbonyl (C=O) groups is 1. The third kappa shape index (κ3) is 3.59. The lowest BCUT2D eigenvalue weighted by Gasteiger charge is -2.04. The molecule has 4 nitrogen and oxygen atoms in total. The van der Waals surface area contributed by atoms with Crippen LogP contribution in [0.2, 0.25) is 5.02 Å². The molecule has 1 rings (SSSR count). The fourth-order valence-corrected chi connectivity index (χ4v) is 1.02. The molecule has 0 heterocycles. The van der Waals surface area contributed by atoms with Gasteiger partial charge in [-0.2, -0.15) is 0 Å². The highest BCUT2D eigenvalue weighted by Crippen LogP contribution is 2.10. The first-order chi connectivity index (χ1) is 7.13. The quantitative estimate of drug-likeness (QED) is 0.480. The Balaban J connectivity index is 2.61. The van der Waals surface area contributed by atoms with Crippen LogP contribution in [-0.2, 0) is 9.47 Å². The molecule has 15 heavy (non-hydrogen) atoms. The molecule has 1 aromatic carbocycles. The van der Waals surface area contributed by atoms with Crippen molar-refractivity contribution in [2.75, 3.05) is 6.61 Å². The Hall–Kier alpha value is -1.55. The molecule has 0 aliphatic rings. The highest BCUT2D eigenvalue weighted by molar-refractivity contribution is 6.30. The third-order valence-electron chi connectivity index (χ3n) is 1.55. The molecule has 80 valence electrons. The van der Waals surface area contributed by atoms with Crippen LogP contribution in [0.25, 0.3) is 0 Å². The fraction of sp³-hybridized carbons (Fsp3) is 0.200. The molecule has 0 radical (unpaired) electrons. The van der Waals surface area contributed by atoms with Crippen molar-refractivity contribution in [1.82, 2.24) is 0 Å². The van der Waals surface area contributed by atoms with E-state index >= 15 is 0 Å². The van der Waals surface area contributed by atoms with Crippen LogP contribution >= 0.6 is 11.6 Å². The second-order valence-corrected chi connectivity index (χ2v) is 3.06. The molecule has 0 bridgehead atoms. The lowest BCUT2D eigenvalue weighted by molar-refractivity contribution is 0.100. The number of carbonyl (C=O) groups excluding carboxylic acids is 1. The lowest BCUT2D eigenvalue weighted by Crippen LogP contribution is -2.13. The number of halogens is 1. The SMILES string of the molecule is CCOC(=O)OC(=N)c1ccc(Cl)cc1. The van der Waals surface area contributed by atoms with Gasteiger partial charge in [0.1, 0.15) is 0 Å². The van der Waals surface area contributed by atoms with E-state index in [-0.39, 0.29) is 12.5 Å². The molecular weight excluding hydrogens is 218 g/mol. The molecule has 0 atom stereocenters. The number of ether oxygens (including phenoxy) is 2. The molecule has 0 spiro atoms. The van der Waals surface area contributed by atoms with Crippen molar-refractivity contribution in [3.05, 3.63) is 34.9 Å². The largest absolute Gasteiger partial charge is 0.515 e. The summed E-state index contributed by atoms with van der Waals surface area (Å²) >= 11 is 5.67. The maximum absolute atomic E-state index is 10.9. The first kappa shape index (κ1) is 11.5. The number of hydrogen-bond acceptors (Lipinski definition) is 4. The molecule has 0 aliphatic heterocycles. The average molecular weight is 228 g/mol. The van der Waals surface area contributed by atoms with Crippen molar-refractivity contribution < 1.29 is 14.3 Å². The van der Waals surface area contributed by atoms with Crippen molar-refractivity contribution in [3.63, 3.8) is 0 Å². The number of hydrogen-bond donors (Lipinski definition) is 1. The Morgan fingerprint density at radius 1 is 1.40 bits per heavy atom. The highest BCUT2D eigenvalue weighted by Gasteiger charge is 2.09. The van der Waals surface area contributed by atoms with Crippen LogP contribution in [-0.4, -0.2) is 18.7 Å². The summed E-state index contributed by atoms with van der Waals surface area (Å²) in [5.41, 5.74) is 0.465. The third-order valence-corrected chi connectivity index (χ3v) is 1.81. The molecule has 0 saturated heterocycles. The second kappa shape index (κ2) is 5.36. The smallest absolute Gasteiger partial charge is 0.434 e. The maximum Gasteiger partial charge on any atom is 0.515 e. The van der Waals surface area contributed by atoms with Crippen LogP contribution in [0.15, 0.2) is 24.3 Å². The predicted molar refractivity (Wildman–Crippen MR) is 56.4 cm³/mol. The average Bonchev–Trinajstić information content (AvgIpc) is 2.18. The summed E-state index contributed by atoms with van der Waals surface area (Å²) in [5.74, 6) is -0.259. The molecule has 1 N–H and O–H groups in total. The molecular formula is C10H10ClNO3. The monoisotopic (exact) mass is 227 g/mol. The van der Waals surface area contributed by atoms with E-state index < -0.39 is 6.16 Å². The Bertz CT molecular complexity index is 361. The Morgan fingerprint density at radius 2 is 2.00 bits per heavy atom. The zero-order chi connectivity index (χ0) is 11.3. The Kier molecular flexibility index (Phi) is 4.12. The van der Waals surface area contributed by atoms with Gasteiger partial charge in [0.25, 0.3) is 0 Å². The topological polar surface area (TPSA) is 59.4 Å². The van der Waals surface area contributed by atoms with Gasteiger partial charge in [0, 0.05) is 10.6 Å². The number of rotatable bonds is 2. The van der Waals surface area contributed by atoms with Crippen LogP contribution in [0.5, 0.6) is 0 Å². The zero-order valence-corrected chi connectivity index (χ0v) is 8.88. The van der Waals surface area contributed by atoms with E-state index in [2.05, 4.69) is 9.47 Å². The number of nitrogens with one attached hydrogen (secondary N) is 1. The second-order valence-electron chi connectivity index (χ2n) is 2.62. The van der Waals surface area contributed by atoms with Gasteiger partial charge in [0.05, 0.1) is 6.61 Å². The van der Waals surface area contributed by atoms with E-state index in [0.29, 0.717) is 10.6 Å². The van der Waals surface area contributed by atoms with E-state index in [1.165, 1.54) is 0 Å². The van der Waals surface area contributed by atoms with Crippen LogP contribution in [0.4, 0.5) is 4.79 Å². The van der Waals surface area contributed by atoms with Crippen LogP contribution in [0.1, 0.15) is 12.5 Å². The summed E-state index contributed by atoms with van der Waals surface area (Å²) in [6.45, 7) is 1.87. The molecule has 0 saturated carbocycles. The molecule has 1 aromatic rings. The predicted octanol–water partition coefficient (Wildman–Crippen LogP) is 2.84. The maximum atomic E-state index is 10.9. The molecule has 0 unspecified atom stereocenters. The first-order valence-corrected chi connectivity index (χ1v) is 4.70. The minimum absolute atomic E-state index is 0.215. The van der Waals surface area contributed by atoms with E-state index in [0.717, 1.165) is 0 Å². The van der Waals surface area contributed by atoms with Crippen molar-refractivity contribution in [2.45, 2.75) is 6.92 Å². The summed E-state index contributed by atoms with van der Waals surface area (Å²) in [4.78, 5) is 10.9. The van der Waals surface area contributed by atoms with Crippen LogP contribution < -0.4 is 0 Å². The van der Waals surface area contributed by atoms with Gasteiger partial charge in [-0.1, -0.05) is 11.6 Å². The summed E-state index contributed by atoms with van der Waals surface area (Å²) in [6.07, 6.45) is -0.877. The lowest BCUT2D eigenvalue weighted by atomic mass is 10.2. The van der Waals surface area contributed by atoms with Gasteiger partial charge < -0.3 is 9.47 Å². The molecule has 5 heteroatoms. The van der Waals surface area contributed by atoms with E-state index in [9.17, 15) is 4.79 Å². The van der Waals surface area contributed by atoms with Gasteiger partial charge >= 0.3 is 6.16 Å². The van der Waals surface area contributed by atoms with Crippen molar-refractivity contribution in [3.8, 4) is 0 Å². The Morgan fingerprint density at radius 3 is 2.53 bits per heavy atom. The summed E-state index contributed by atoms with van der Waals surface area (Å²) in [5, 5.41) is 8.00. The summed E-state index contributed by atoms with van der Waals surface area (Å²) < 4.78 is 9.13. The minimum Gasteiger partial charge on any atom is -0.434 e. The van der Waals surface area contributed by atoms with Crippen molar-refractivity contribution in [2.24, 2.45) is 0 Å². The normalized spacial score (nSPS) is 9.47. The summed E-state index contributed by atoms with van der Waals surface area (Å²) in [7, 11) is 0. The number of benzene rings is 1. The minimum atomic E-state index is -0.877.